The fraction of sp³-hybridized carbons (Fsp3) is 0.214. The van der Waals surface area contributed by atoms with Crippen molar-refractivity contribution in [3.63, 3.8) is 0 Å². The fourth-order valence-corrected chi connectivity index (χ4v) is 4.09. The van der Waals surface area contributed by atoms with Gasteiger partial charge in [-0.3, -0.25) is 5.01 Å². The molecule has 0 fully saturated rings. The number of benzene rings is 3. The van der Waals surface area contributed by atoms with Crippen molar-refractivity contribution in [3.8, 4) is 5.75 Å². The Morgan fingerprint density at radius 2 is 1.79 bits per heavy atom. The Morgan fingerprint density at radius 3 is 2.56 bits per heavy atom. The molecule has 0 radical (unpaired) electrons. The minimum Gasteiger partial charge on any atom is -0.503 e. The van der Waals surface area contributed by atoms with Crippen LogP contribution in [0.5, 0.6) is 5.75 Å². The van der Waals surface area contributed by atoms with E-state index >= 15 is 0 Å². The number of rotatable bonds is 8. The number of methoxy groups -OCH3 is 2. The van der Waals surface area contributed by atoms with Crippen LogP contribution in [0.4, 0.5) is 0 Å². The van der Waals surface area contributed by atoms with Crippen molar-refractivity contribution in [1.29, 1.82) is 0 Å². The molecule has 6 heteroatoms. The number of esters is 1. The van der Waals surface area contributed by atoms with E-state index < -0.39 is 5.97 Å². The molecule has 34 heavy (non-hydrogen) atoms. The Bertz CT molecular complexity index is 1200. The zero-order valence-corrected chi connectivity index (χ0v) is 19.6. The van der Waals surface area contributed by atoms with Crippen LogP contribution in [0.1, 0.15) is 34.7 Å². The number of nitrogens with zero attached hydrogens (tertiary/aromatic N) is 2. The standard InChI is InChI=1S/C28H28N2O4/c1-30-27(17-26(29-30)20-10-5-4-6-11-20)21-13-9-14-23(16-21)34-18-22-12-7-8-15-24(22)25(19-32-2)28(31)33-3/h4-16,19,27H,17-18H2,1-3H3. The molecule has 0 spiro atoms. The van der Waals surface area contributed by atoms with Gasteiger partial charge in [-0.25, -0.2) is 4.79 Å². The molecule has 3 aromatic rings. The summed E-state index contributed by atoms with van der Waals surface area (Å²) in [5.74, 6) is 0.291. The topological polar surface area (TPSA) is 60.4 Å². The quantitative estimate of drug-likeness (QED) is 0.265. The van der Waals surface area contributed by atoms with Gasteiger partial charge in [0.05, 0.1) is 32.2 Å². The SMILES string of the molecule is COC=C(C(=O)OC)c1ccccc1COc1cccc(C2CC(c3ccccc3)=NN2C)c1. The van der Waals surface area contributed by atoms with E-state index in [2.05, 4.69) is 24.3 Å². The highest BCUT2D eigenvalue weighted by Gasteiger charge is 2.26. The van der Waals surface area contributed by atoms with E-state index in [0.717, 1.165) is 34.6 Å². The smallest absolute Gasteiger partial charge is 0.341 e. The summed E-state index contributed by atoms with van der Waals surface area (Å²) < 4.78 is 16.2. The average Bonchev–Trinajstić information content (AvgIpc) is 3.28. The van der Waals surface area contributed by atoms with E-state index in [-0.39, 0.29) is 6.04 Å². The molecule has 0 amide bonds. The molecule has 0 N–H and O–H groups in total. The fourth-order valence-electron chi connectivity index (χ4n) is 4.09. The Balaban J connectivity index is 1.50. The molecular formula is C28H28N2O4. The molecule has 0 saturated carbocycles. The molecule has 1 atom stereocenters. The number of ether oxygens (including phenoxy) is 3. The summed E-state index contributed by atoms with van der Waals surface area (Å²) in [6.45, 7) is 0.296. The van der Waals surface area contributed by atoms with Crippen LogP contribution < -0.4 is 4.74 Å². The Morgan fingerprint density at radius 1 is 1.03 bits per heavy atom. The summed E-state index contributed by atoms with van der Waals surface area (Å²) >= 11 is 0. The van der Waals surface area contributed by atoms with Crippen LogP contribution in [0, 0.1) is 0 Å². The monoisotopic (exact) mass is 456 g/mol. The summed E-state index contributed by atoms with van der Waals surface area (Å²) in [7, 11) is 4.85. The summed E-state index contributed by atoms with van der Waals surface area (Å²) in [6.07, 6.45) is 2.22. The van der Waals surface area contributed by atoms with E-state index in [1.165, 1.54) is 20.5 Å². The van der Waals surface area contributed by atoms with Crippen LogP contribution in [-0.2, 0) is 20.9 Å². The minimum atomic E-state index is -0.463. The Labute approximate surface area is 200 Å². The van der Waals surface area contributed by atoms with Crippen LogP contribution in [-0.4, -0.2) is 38.0 Å². The van der Waals surface area contributed by atoms with Crippen molar-refractivity contribution in [2.24, 2.45) is 5.10 Å². The van der Waals surface area contributed by atoms with Gasteiger partial charge in [0.15, 0.2) is 0 Å². The first kappa shape index (κ1) is 23.1. The Kier molecular flexibility index (Phi) is 7.28. The van der Waals surface area contributed by atoms with E-state index in [4.69, 9.17) is 19.3 Å². The van der Waals surface area contributed by atoms with Crippen LogP contribution in [0.25, 0.3) is 5.57 Å². The summed E-state index contributed by atoms with van der Waals surface area (Å²) in [5.41, 5.74) is 5.27. The second-order valence-electron chi connectivity index (χ2n) is 7.98. The van der Waals surface area contributed by atoms with Crippen molar-refractivity contribution >= 4 is 17.3 Å². The molecule has 0 saturated heterocycles. The van der Waals surface area contributed by atoms with Gasteiger partial charge in [0.25, 0.3) is 0 Å². The molecular weight excluding hydrogens is 428 g/mol. The van der Waals surface area contributed by atoms with Gasteiger partial charge in [0.1, 0.15) is 17.9 Å². The third-order valence-corrected chi connectivity index (χ3v) is 5.81. The van der Waals surface area contributed by atoms with Gasteiger partial charge >= 0.3 is 5.97 Å². The van der Waals surface area contributed by atoms with E-state index in [1.807, 2.05) is 66.7 Å². The van der Waals surface area contributed by atoms with Crippen LogP contribution in [0.2, 0.25) is 0 Å². The molecule has 1 aliphatic heterocycles. The molecule has 1 aliphatic rings. The minimum absolute atomic E-state index is 0.140. The number of hydrazone groups is 1. The van der Waals surface area contributed by atoms with Crippen molar-refractivity contribution < 1.29 is 19.0 Å². The lowest BCUT2D eigenvalue weighted by Crippen LogP contribution is -2.14. The largest absolute Gasteiger partial charge is 0.503 e. The van der Waals surface area contributed by atoms with E-state index in [9.17, 15) is 4.79 Å². The summed E-state index contributed by atoms with van der Waals surface area (Å²) in [5, 5.41) is 6.77. The van der Waals surface area contributed by atoms with Gasteiger partial charge < -0.3 is 14.2 Å². The first-order valence-corrected chi connectivity index (χ1v) is 11.1. The predicted molar refractivity (Wildman–Crippen MR) is 132 cm³/mol. The number of carbonyl (C=O) groups excluding carboxylic acids is 1. The number of carbonyl (C=O) groups is 1. The van der Waals surface area contributed by atoms with Gasteiger partial charge in [-0.2, -0.15) is 5.10 Å². The first-order valence-electron chi connectivity index (χ1n) is 11.1. The molecule has 3 aromatic carbocycles. The van der Waals surface area contributed by atoms with Gasteiger partial charge in [0.2, 0.25) is 0 Å². The summed E-state index contributed by atoms with van der Waals surface area (Å²) in [6, 6.07) is 26.0. The van der Waals surface area contributed by atoms with Gasteiger partial charge in [-0.15, -0.1) is 0 Å². The molecule has 0 aromatic heterocycles. The van der Waals surface area contributed by atoms with Gasteiger partial charge in [-0.05, 0) is 34.4 Å². The molecule has 0 aliphatic carbocycles. The normalized spacial score (nSPS) is 15.6. The highest BCUT2D eigenvalue weighted by atomic mass is 16.5. The van der Waals surface area contributed by atoms with E-state index in [0.29, 0.717) is 17.7 Å². The van der Waals surface area contributed by atoms with Crippen LogP contribution in [0.3, 0.4) is 0 Å². The molecule has 1 unspecified atom stereocenters. The lowest BCUT2D eigenvalue weighted by molar-refractivity contribution is -0.133. The molecule has 174 valence electrons. The van der Waals surface area contributed by atoms with Crippen LogP contribution >= 0.6 is 0 Å². The predicted octanol–water partition coefficient (Wildman–Crippen LogP) is 5.21. The zero-order chi connectivity index (χ0) is 23.9. The third kappa shape index (κ3) is 5.12. The first-order chi connectivity index (χ1) is 16.6. The maximum atomic E-state index is 12.3. The zero-order valence-electron chi connectivity index (χ0n) is 19.6. The average molecular weight is 457 g/mol. The maximum absolute atomic E-state index is 12.3. The van der Waals surface area contributed by atoms with Crippen molar-refractivity contribution in [1.82, 2.24) is 5.01 Å². The highest BCUT2D eigenvalue weighted by Crippen LogP contribution is 2.33. The lowest BCUT2D eigenvalue weighted by Gasteiger charge is -2.20. The third-order valence-electron chi connectivity index (χ3n) is 5.81. The Hall–Kier alpha value is -4.06. The molecule has 4 rings (SSSR count). The second-order valence-corrected chi connectivity index (χ2v) is 7.98. The number of hydrogen-bond acceptors (Lipinski definition) is 6. The summed E-state index contributed by atoms with van der Waals surface area (Å²) in [4.78, 5) is 12.3. The van der Waals surface area contributed by atoms with Crippen molar-refractivity contribution in [3.05, 3.63) is 107 Å². The second kappa shape index (κ2) is 10.7. The van der Waals surface area contributed by atoms with Gasteiger partial charge in [0, 0.05) is 13.5 Å². The maximum Gasteiger partial charge on any atom is 0.341 e. The van der Waals surface area contributed by atoms with Gasteiger partial charge in [-0.1, -0.05) is 66.7 Å². The highest BCUT2D eigenvalue weighted by molar-refractivity contribution is 6.16. The van der Waals surface area contributed by atoms with E-state index in [1.54, 1.807) is 0 Å². The number of hydrogen-bond donors (Lipinski definition) is 0. The van der Waals surface area contributed by atoms with Crippen LogP contribution in [0.15, 0.2) is 90.2 Å². The molecule has 1 heterocycles. The van der Waals surface area contributed by atoms with Crippen molar-refractivity contribution in [2.45, 2.75) is 19.1 Å². The van der Waals surface area contributed by atoms with Crippen molar-refractivity contribution in [2.75, 3.05) is 21.3 Å². The lowest BCUT2D eigenvalue weighted by atomic mass is 9.98. The molecule has 6 nitrogen and oxygen atoms in total. The molecule has 0 bridgehead atoms.